The predicted octanol–water partition coefficient (Wildman–Crippen LogP) is 3.59. The maximum Gasteiger partial charge on any atom is 0.121 e. The Morgan fingerprint density at radius 1 is 1.07 bits per heavy atom. The van der Waals surface area contributed by atoms with Gasteiger partial charge in [0.2, 0.25) is 0 Å². The first kappa shape index (κ1) is 16.9. The number of fused-ring (bicyclic) bond motifs is 2. The number of hydrogen-bond acceptors (Lipinski definition) is 4. The van der Waals surface area contributed by atoms with Crippen molar-refractivity contribution in [3.63, 3.8) is 0 Å². The zero-order valence-corrected chi connectivity index (χ0v) is 15.7. The maximum absolute atomic E-state index is 4.84. The molecule has 2 aliphatic rings. The molecule has 1 fully saturated rings. The van der Waals surface area contributed by atoms with Crippen molar-refractivity contribution in [2.45, 2.75) is 50.7 Å². The topological polar surface area (TPSA) is 56.8 Å². The van der Waals surface area contributed by atoms with Crippen molar-refractivity contribution in [3.8, 4) is 0 Å². The van der Waals surface area contributed by atoms with Crippen LogP contribution in [0.2, 0.25) is 0 Å². The van der Waals surface area contributed by atoms with E-state index in [-0.39, 0.29) is 0 Å². The lowest BCUT2D eigenvalue weighted by Gasteiger charge is -2.36. The normalized spacial score (nSPS) is 22.4. The molecule has 2 atom stereocenters. The van der Waals surface area contributed by atoms with Gasteiger partial charge in [-0.1, -0.05) is 18.2 Å². The lowest BCUT2D eigenvalue weighted by molar-refractivity contribution is 0.148. The van der Waals surface area contributed by atoms with Gasteiger partial charge in [-0.05, 0) is 62.4 Å². The summed E-state index contributed by atoms with van der Waals surface area (Å²) in [5.74, 6) is 1.05. The highest BCUT2D eigenvalue weighted by molar-refractivity contribution is 5.74. The summed E-state index contributed by atoms with van der Waals surface area (Å²) in [6.45, 7) is 3.04. The summed E-state index contributed by atoms with van der Waals surface area (Å²) in [6, 6.07) is 13.6. The molecule has 5 nitrogen and oxygen atoms in total. The van der Waals surface area contributed by atoms with Crippen molar-refractivity contribution in [3.05, 3.63) is 59.7 Å². The van der Waals surface area contributed by atoms with E-state index in [0.29, 0.717) is 12.1 Å². The summed E-state index contributed by atoms with van der Waals surface area (Å²) in [5, 5.41) is 3.67. The van der Waals surface area contributed by atoms with Crippen LogP contribution >= 0.6 is 0 Å². The van der Waals surface area contributed by atoms with Gasteiger partial charge in [0.15, 0.2) is 0 Å². The summed E-state index contributed by atoms with van der Waals surface area (Å²) < 4.78 is 0. The summed E-state index contributed by atoms with van der Waals surface area (Å²) in [5.41, 5.74) is 4.86. The molecule has 0 saturated carbocycles. The Labute approximate surface area is 160 Å². The standard InChI is InChI=1S/C22H27N5/c1-2-10-19-18(9-1)25-21(26-19)15-27(14-17-8-5-12-23-17)20-11-3-6-16-7-4-13-24-22(16)20/h1-2,4,7,9-10,13,17,20,23H,3,5-6,8,11-12,14-15H2,(H,25,26)/t17-,20?/m0/s1. The number of rotatable bonds is 5. The van der Waals surface area contributed by atoms with Crippen molar-refractivity contribution >= 4 is 11.0 Å². The van der Waals surface area contributed by atoms with E-state index in [4.69, 9.17) is 9.97 Å². The van der Waals surface area contributed by atoms with Gasteiger partial charge in [-0.15, -0.1) is 0 Å². The SMILES string of the molecule is c1cnc2c(c1)CCCC2N(Cc1nc2ccccc2[nH]1)C[C@@H]1CCCN1. The Hall–Kier alpha value is -2.24. The van der Waals surface area contributed by atoms with Gasteiger partial charge in [-0.2, -0.15) is 0 Å². The Bertz CT molecular complexity index is 879. The number of nitrogens with zero attached hydrogens (tertiary/aromatic N) is 3. The van der Waals surface area contributed by atoms with Crippen molar-refractivity contribution < 1.29 is 0 Å². The number of aryl methyl sites for hydroxylation is 1. The van der Waals surface area contributed by atoms with E-state index in [1.165, 1.54) is 36.9 Å². The van der Waals surface area contributed by atoms with E-state index in [2.05, 4.69) is 51.6 Å². The lowest BCUT2D eigenvalue weighted by atomic mass is 9.90. The van der Waals surface area contributed by atoms with Gasteiger partial charge in [0.25, 0.3) is 0 Å². The number of pyridine rings is 1. The first-order chi connectivity index (χ1) is 13.4. The maximum atomic E-state index is 4.84. The van der Waals surface area contributed by atoms with Crippen LogP contribution in [0, 0.1) is 0 Å². The van der Waals surface area contributed by atoms with Gasteiger partial charge in [-0.25, -0.2) is 4.98 Å². The number of nitrogens with one attached hydrogen (secondary N) is 2. The molecule has 2 aromatic heterocycles. The molecule has 1 saturated heterocycles. The second-order valence-electron chi connectivity index (χ2n) is 7.88. The number of H-pyrrole nitrogens is 1. The van der Waals surface area contributed by atoms with Crippen LogP contribution in [0.25, 0.3) is 11.0 Å². The van der Waals surface area contributed by atoms with Crippen LogP contribution in [-0.2, 0) is 13.0 Å². The smallest absolute Gasteiger partial charge is 0.121 e. The largest absolute Gasteiger partial charge is 0.341 e. The van der Waals surface area contributed by atoms with E-state index >= 15 is 0 Å². The Balaban J connectivity index is 1.45. The third-order valence-electron chi connectivity index (χ3n) is 6.01. The van der Waals surface area contributed by atoms with Crippen molar-refractivity contribution in [1.29, 1.82) is 0 Å². The molecule has 140 valence electrons. The van der Waals surface area contributed by atoms with Gasteiger partial charge in [-0.3, -0.25) is 9.88 Å². The number of para-hydroxylation sites is 2. The third kappa shape index (κ3) is 3.49. The first-order valence-electron chi connectivity index (χ1n) is 10.2. The molecule has 2 N–H and O–H groups in total. The van der Waals surface area contributed by atoms with Gasteiger partial charge in [0, 0.05) is 18.8 Å². The Morgan fingerprint density at radius 3 is 2.93 bits per heavy atom. The summed E-state index contributed by atoms with van der Waals surface area (Å²) >= 11 is 0. The highest BCUT2D eigenvalue weighted by atomic mass is 15.2. The average Bonchev–Trinajstić information content (AvgIpc) is 3.36. The second kappa shape index (κ2) is 7.41. The quantitative estimate of drug-likeness (QED) is 0.729. The highest BCUT2D eigenvalue weighted by Gasteiger charge is 2.30. The summed E-state index contributed by atoms with van der Waals surface area (Å²) in [7, 11) is 0. The summed E-state index contributed by atoms with van der Waals surface area (Å²) in [6.07, 6.45) is 8.06. The van der Waals surface area contributed by atoms with Crippen molar-refractivity contribution in [2.75, 3.05) is 13.1 Å². The minimum absolute atomic E-state index is 0.380. The number of imidazole rings is 1. The fourth-order valence-electron chi connectivity index (χ4n) is 4.71. The highest BCUT2D eigenvalue weighted by Crippen LogP contribution is 2.34. The number of aromatic nitrogens is 3. The molecule has 1 aliphatic carbocycles. The zero-order valence-electron chi connectivity index (χ0n) is 15.7. The van der Waals surface area contributed by atoms with Crippen LogP contribution in [0.15, 0.2) is 42.6 Å². The van der Waals surface area contributed by atoms with Gasteiger partial charge >= 0.3 is 0 Å². The predicted molar refractivity (Wildman–Crippen MR) is 107 cm³/mol. The molecule has 0 bridgehead atoms. The number of aromatic amines is 1. The fraction of sp³-hybridized carbons (Fsp3) is 0.455. The minimum Gasteiger partial charge on any atom is -0.341 e. The minimum atomic E-state index is 0.380. The monoisotopic (exact) mass is 361 g/mol. The molecule has 0 radical (unpaired) electrons. The Morgan fingerprint density at radius 2 is 2.04 bits per heavy atom. The average molecular weight is 361 g/mol. The van der Waals surface area contributed by atoms with E-state index in [1.807, 2.05) is 6.20 Å². The third-order valence-corrected chi connectivity index (χ3v) is 6.01. The van der Waals surface area contributed by atoms with E-state index in [1.54, 1.807) is 0 Å². The van der Waals surface area contributed by atoms with Crippen LogP contribution in [0.3, 0.4) is 0 Å². The molecule has 1 aromatic carbocycles. The molecular formula is C22H27N5. The molecule has 5 rings (SSSR count). The molecule has 5 heteroatoms. The van der Waals surface area contributed by atoms with Gasteiger partial charge in [0.1, 0.15) is 5.82 Å². The Kier molecular flexibility index (Phi) is 4.64. The first-order valence-corrected chi connectivity index (χ1v) is 10.2. The van der Waals surface area contributed by atoms with Crippen LogP contribution in [0.1, 0.15) is 48.8 Å². The molecule has 1 unspecified atom stereocenters. The summed E-state index contributed by atoms with van der Waals surface area (Å²) in [4.78, 5) is 15.8. The van der Waals surface area contributed by atoms with E-state index in [9.17, 15) is 0 Å². The van der Waals surface area contributed by atoms with E-state index in [0.717, 1.165) is 42.9 Å². The van der Waals surface area contributed by atoms with Crippen LogP contribution in [-0.4, -0.2) is 39.0 Å². The van der Waals surface area contributed by atoms with E-state index < -0.39 is 0 Å². The molecule has 0 amide bonds. The zero-order chi connectivity index (χ0) is 18.1. The fourth-order valence-corrected chi connectivity index (χ4v) is 4.71. The number of hydrogen-bond donors (Lipinski definition) is 2. The van der Waals surface area contributed by atoms with Crippen LogP contribution < -0.4 is 5.32 Å². The molecule has 3 heterocycles. The van der Waals surface area contributed by atoms with Crippen LogP contribution in [0.5, 0.6) is 0 Å². The molecule has 0 spiro atoms. The number of benzene rings is 1. The molecule has 3 aromatic rings. The molecule has 27 heavy (non-hydrogen) atoms. The molecule has 1 aliphatic heterocycles. The molecular weight excluding hydrogens is 334 g/mol. The second-order valence-corrected chi connectivity index (χ2v) is 7.88. The lowest BCUT2D eigenvalue weighted by Crippen LogP contribution is -2.40. The van der Waals surface area contributed by atoms with Gasteiger partial charge in [0.05, 0.1) is 29.3 Å². The van der Waals surface area contributed by atoms with Crippen molar-refractivity contribution in [2.24, 2.45) is 0 Å². The van der Waals surface area contributed by atoms with Crippen molar-refractivity contribution in [1.82, 2.24) is 25.2 Å². The van der Waals surface area contributed by atoms with Gasteiger partial charge < -0.3 is 10.3 Å². The van der Waals surface area contributed by atoms with Crippen LogP contribution in [0.4, 0.5) is 0 Å².